The number of carboxylic acid groups (broad SMARTS) is 1. The summed E-state index contributed by atoms with van der Waals surface area (Å²) in [4.78, 5) is 10.7. The molecule has 0 unspecified atom stereocenters. The summed E-state index contributed by atoms with van der Waals surface area (Å²) in [5.41, 5.74) is 0. The molecule has 0 atom stereocenters. The average Bonchev–Trinajstić information content (AvgIpc) is 2.14. The number of hydrogen-bond acceptors (Lipinski definition) is 3. The zero-order chi connectivity index (χ0) is 7.72. The van der Waals surface area contributed by atoms with E-state index in [1.165, 1.54) is 0 Å². The molecule has 10 heavy (non-hydrogen) atoms. The van der Waals surface area contributed by atoms with Crippen LogP contribution >= 0.6 is 56.7 Å². The quantitative estimate of drug-likeness (QED) is 0.758. The van der Waals surface area contributed by atoms with Gasteiger partial charge in [-0.2, -0.15) is 4.37 Å². The summed E-state index contributed by atoms with van der Waals surface area (Å²) in [6.07, 6.45) is 0. The molecule has 54 valence electrons. The van der Waals surface area contributed by atoms with Gasteiger partial charge in [-0.15, -0.1) is 0 Å². The standard InChI is InChI=1S/C4HI2NO2S/c5-1-2(4(8)9)10-7-3(1)6/h(H,8,9). The smallest absolute Gasteiger partial charge is 0.348 e. The van der Waals surface area contributed by atoms with Crippen molar-refractivity contribution in [3.05, 3.63) is 12.1 Å². The van der Waals surface area contributed by atoms with Gasteiger partial charge in [-0.05, 0) is 56.7 Å². The van der Waals surface area contributed by atoms with Gasteiger partial charge < -0.3 is 5.11 Å². The molecule has 0 aliphatic heterocycles. The van der Waals surface area contributed by atoms with E-state index in [-0.39, 0.29) is 0 Å². The zero-order valence-corrected chi connectivity index (χ0v) is 9.60. The number of rotatable bonds is 1. The third-order valence-electron chi connectivity index (χ3n) is 0.792. The van der Waals surface area contributed by atoms with Gasteiger partial charge >= 0.3 is 5.97 Å². The third kappa shape index (κ3) is 1.59. The second kappa shape index (κ2) is 3.30. The number of aromatic nitrogens is 1. The van der Waals surface area contributed by atoms with Gasteiger partial charge in [-0.3, -0.25) is 0 Å². The Morgan fingerprint density at radius 2 is 2.20 bits per heavy atom. The van der Waals surface area contributed by atoms with E-state index >= 15 is 0 Å². The normalized spacial score (nSPS) is 9.80. The first-order valence-electron chi connectivity index (χ1n) is 2.17. The van der Waals surface area contributed by atoms with E-state index in [2.05, 4.69) is 4.37 Å². The minimum Gasteiger partial charge on any atom is -0.477 e. The molecule has 1 aromatic heterocycles. The number of carbonyl (C=O) groups is 1. The molecule has 0 saturated carbocycles. The van der Waals surface area contributed by atoms with Crippen LogP contribution in [0.1, 0.15) is 9.67 Å². The lowest BCUT2D eigenvalue weighted by Crippen LogP contribution is -1.94. The molecule has 0 bridgehead atoms. The molecule has 1 heterocycles. The number of carboxylic acids is 1. The zero-order valence-electron chi connectivity index (χ0n) is 4.47. The first kappa shape index (κ1) is 8.65. The maximum Gasteiger partial charge on any atom is 0.348 e. The van der Waals surface area contributed by atoms with Crippen LogP contribution in [0.25, 0.3) is 0 Å². The van der Waals surface area contributed by atoms with E-state index in [9.17, 15) is 4.79 Å². The van der Waals surface area contributed by atoms with Crippen LogP contribution in [0.3, 0.4) is 0 Å². The minimum atomic E-state index is -0.898. The lowest BCUT2D eigenvalue weighted by Gasteiger charge is -1.84. The molecule has 0 saturated heterocycles. The predicted molar refractivity (Wildman–Crippen MR) is 54.5 cm³/mol. The molecule has 0 fully saturated rings. The molecular weight excluding hydrogens is 380 g/mol. The van der Waals surface area contributed by atoms with E-state index < -0.39 is 5.97 Å². The van der Waals surface area contributed by atoms with Crippen LogP contribution in [-0.2, 0) is 0 Å². The van der Waals surface area contributed by atoms with Crippen LogP contribution < -0.4 is 0 Å². The van der Waals surface area contributed by atoms with Crippen molar-refractivity contribution in [2.24, 2.45) is 0 Å². The van der Waals surface area contributed by atoms with Crippen LogP contribution in [0.5, 0.6) is 0 Å². The Morgan fingerprint density at radius 1 is 1.60 bits per heavy atom. The first-order valence-corrected chi connectivity index (χ1v) is 5.10. The van der Waals surface area contributed by atoms with Gasteiger partial charge in [0.25, 0.3) is 0 Å². The molecule has 0 aliphatic carbocycles. The van der Waals surface area contributed by atoms with Gasteiger partial charge in [0.15, 0.2) is 0 Å². The molecule has 0 aliphatic rings. The number of nitrogens with zero attached hydrogens (tertiary/aromatic N) is 1. The second-order valence-corrected chi connectivity index (χ2v) is 4.30. The van der Waals surface area contributed by atoms with Crippen LogP contribution in [-0.4, -0.2) is 15.4 Å². The van der Waals surface area contributed by atoms with E-state index in [1.807, 2.05) is 45.2 Å². The van der Waals surface area contributed by atoms with E-state index in [0.29, 0.717) is 4.88 Å². The molecular formula is C4HI2NO2S. The summed E-state index contributed by atoms with van der Waals surface area (Å²) in [5.74, 6) is -0.898. The average molecular weight is 381 g/mol. The molecule has 3 nitrogen and oxygen atoms in total. The summed E-state index contributed by atoms with van der Waals surface area (Å²) in [6, 6.07) is 0. The molecule has 0 radical (unpaired) electrons. The fourth-order valence-electron chi connectivity index (χ4n) is 0.392. The van der Waals surface area contributed by atoms with E-state index in [1.54, 1.807) is 0 Å². The summed E-state index contributed by atoms with van der Waals surface area (Å²) < 4.78 is 5.37. The Bertz CT molecular complexity index is 272. The van der Waals surface area contributed by atoms with Crippen molar-refractivity contribution in [2.45, 2.75) is 0 Å². The van der Waals surface area contributed by atoms with Gasteiger partial charge in [0.05, 0.1) is 3.57 Å². The van der Waals surface area contributed by atoms with Crippen LogP contribution in [0, 0.1) is 7.27 Å². The molecule has 0 amide bonds. The number of hydrogen-bond donors (Lipinski definition) is 1. The molecule has 0 aromatic carbocycles. The maximum atomic E-state index is 10.4. The lowest BCUT2D eigenvalue weighted by atomic mass is 10.5. The van der Waals surface area contributed by atoms with Gasteiger partial charge in [-0.1, -0.05) is 0 Å². The summed E-state index contributed by atoms with van der Waals surface area (Å²) in [5, 5.41) is 8.54. The monoisotopic (exact) mass is 381 g/mol. The van der Waals surface area contributed by atoms with Crippen molar-refractivity contribution in [3.63, 3.8) is 0 Å². The predicted octanol–water partition coefficient (Wildman–Crippen LogP) is 2.05. The number of halogens is 2. The molecule has 0 spiro atoms. The second-order valence-electron chi connectivity index (χ2n) is 1.42. The van der Waals surface area contributed by atoms with Gasteiger partial charge in [-0.25, -0.2) is 4.79 Å². The summed E-state index contributed by atoms with van der Waals surface area (Å²) >= 11 is 5.00. The van der Waals surface area contributed by atoms with Crippen molar-refractivity contribution >= 4 is 62.7 Å². The molecule has 1 aromatic rings. The Hall–Kier alpha value is 0.560. The highest BCUT2D eigenvalue weighted by atomic mass is 127. The summed E-state index contributed by atoms with van der Waals surface area (Å²) in [7, 11) is 0. The van der Waals surface area contributed by atoms with Crippen LogP contribution in [0.2, 0.25) is 0 Å². The highest BCUT2D eigenvalue weighted by Gasteiger charge is 2.14. The van der Waals surface area contributed by atoms with Crippen molar-refractivity contribution < 1.29 is 9.90 Å². The maximum absolute atomic E-state index is 10.4. The van der Waals surface area contributed by atoms with Crippen molar-refractivity contribution in [3.8, 4) is 0 Å². The van der Waals surface area contributed by atoms with Crippen LogP contribution in [0.4, 0.5) is 0 Å². The molecule has 1 rings (SSSR count). The largest absolute Gasteiger partial charge is 0.477 e. The van der Waals surface area contributed by atoms with Gasteiger partial charge in [0.2, 0.25) is 0 Å². The minimum absolute atomic E-state index is 0.324. The first-order chi connectivity index (χ1) is 4.63. The van der Waals surface area contributed by atoms with Crippen molar-refractivity contribution in [1.82, 2.24) is 4.37 Å². The number of aromatic carboxylic acids is 1. The van der Waals surface area contributed by atoms with Gasteiger partial charge in [0, 0.05) is 0 Å². The topological polar surface area (TPSA) is 50.2 Å². The highest BCUT2D eigenvalue weighted by Crippen LogP contribution is 2.21. The Labute approximate surface area is 88.3 Å². The van der Waals surface area contributed by atoms with E-state index in [0.717, 1.165) is 18.8 Å². The van der Waals surface area contributed by atoms with E-state index in [4.69, 9.17) is 5.11 Å². The SMILES string of the molecule is O=C(O)c1snc(I)c1I. The molecule has 6 heteroatoms. The fraction of sp³-hybridized carbons (Fsp3) is 0. The molecule has 1 N–H and O–H groups in total. The highest BCUT2D eigenvalue weighted by molar-refractivity contribution is 14.1. The van der Waals surface area contributed by atoms with Crippen LogP contribution in [0.15, 0.2) is 0 Å². The Morgan fingerprint density at radius 3 is 2.40 bits per heavy atom. The fourth-order valence-corrected chi connectivity index (χ4v) is 2.47. The lowest BCUT2D eigenvalue weighted by molar-refractivity contribution is 0.0701. The summed E-state index contributed by atoms with van der Waals surface area (Å²) in [6.45, 7) is 0. The van der Waals surface area contributed by atoms with Gasteiger partial charge in [0.1, 0.15) is 8.58 Å². The van der Waals surface area contributed by atoms with Crippen molar-refractivity contribution in [2.75, 3.05) is 0 Å². The Balaban J connectivity index is 3.17. The van der Waals surface area contributed by atoms with Crippen molar-refractivity contribution in [1.29, 1.82) is 0 Å². The Kier molecular flexibility index (Phi) is 2.86. The third-order valence-corrected chi connectivity index (χ3v) is 5.18.